The third kappa shape index (κ3) is 4.84. The van der Waals surface area contributed by atoms with Crippen molar-refractivity contribution in [1.29, 1.82) is 0 Å². The molecule has 0 saturated carbocycles. The maximum Gasteiger partial charge on any atom is 0.338 e. The van der Waals surface area contributed by atoms with E-state index in [1.807, 2.05) is 36.7 Å². The molecular formula is C12H16N2O4. The molecular weight excluding hydrogens is 236 g/mol. The maximum absolute atomic E-state index is 11.3. The Balaban J connectivity index is 2.35. The van der Waals surface area contributed by atoms with E-state index in [0.717, 1.165) is 17.5 Å². The Morgan fingerprint density at radius 1 is 1.28 bits per heavy atom. The summed E-state index contributed by atoms with van der Waals surface area (Å²) in [6, 6.07) is 7.20. The van der Waals surface area contributed by atoms with Gasteiger partial charge in [-0.1, -0.05) is 31.2 Å². The van der Waals surface area contributed by atoms with Crippen LogP contribution in [0, 0.1) is 0 Å². The third-order valence-corrected chi connectivity index (χ3v) is 2.30. The molecule has 2 amide bonds. The second-order valence-corrected chi connectivity index (χ2v) is 3.59. The predicted molar refractivity (Wildman–Crippen MR) is 64.8 cm³/mol. The molecule has 0 heterocycles. The van der Waals surface area contributed by atoms with Gasteiger partial charge < -0.3 is 10.4 Å². The second kappa shape index (κ2) is 7.29. The standard InChI is InChI=1S/C12H16N2O4/c1-2-9-5-3-4-6-10(9)7-13-12(17)14-18-8-11(15)16/h3-6H,2,7-8H2,1H3,(H,15,16)(H2,13,14,17). The molecule has 0 radical (unpaired) electrons. The summed E-state index contributed by atoms with van der Waals surface area (Å²) in [7, 11) is 0. The highest BCUT2D eigenvalue weighted by Crippen LogP contribution is 2.08. The Morgan fingerprint density at radius 2 is 1.94 bits per heavy atom. The number of carboxylic acid groups (broad SMARTS) is 1. The number of carbonyl (C=O) groups is 2. The predicted octanol–water partition coefficient (Wildman–Crippen LogP) is 1.06. The van der Waals surface area contributed by atoms with E-state index in [9.17, 15) is 9.59 Å². The summed E-state index contributed by atoms with van der Waals surface area (Å²) in [4.78, 5) is 25.8. The smallest absolute Gasteiger partial charge is 0.338 e. The monoisotopic (exact) mass is 252 g/mol. The van der Waals surface area contributed by atoms with Crippen molar-refractivity contribution >= 4 is 12.0 Å². The van der Waals surface area contributed by atoms with Crippen LogP contribution in [0.25, 0.3) is 0 Å². The molecule has 0 saturated heterocycles. The van der Waals surface area contributed by atoms with Gasteiger partial charge in [0.05, 0.1) is 0 Å². The van der Waals surface area contributed by atoms with Gasteiger partial charge in [0.2, 0.25) is 0 Å². The number of hydroxylamine groups is 1. The molecule has 0 bridgehead atoms. The van der Waals surface area contributed by atoms with Gasteiger partial charge in [0, 0.05) is 6.54 Å². The fraction of sp³-hybridized carbons (Fsp3) is 0.333. The molecule has 0 unspecified atom stereocenters. The van der Waals surface area contributed by atoms with Crippen LogP contribution >= 0.6 is 0 Å². The largest absolute Gasteiger partial charge is 0.479 e. The molecule has 0 atom stereocenters. The zero-order valence-corrected chi connectivity index (χ0v) is 10.1. The summed E-state index contributed by atoms with van der Waals surface area (Å²) in [6.07, 6.45) is 0.884. The minimum atomic E-state index is -1.15. The number of rotatable bonds is 6. The highest BCUT2D eigenvalue weighted by molar-refractivity contribution is 5.73. The number of urea groups is 1. The summed E-state index contributed by atoms with van der Waals surface area (Å²) >= 11 is 0. The number of hydrogen-bond acceptors (Lipinski definition) is 3. The van der Waals surface area contributed by atoms with Crippen molar-refractivity contribution in [1.82, 2.24) is 10.8 Å². The minimum Gasteiger partial charge on any atom is -0.479 e. The first kappa shape index (κ1) is 14.0. The SMILES string of the molecule is CCc1ccccc1CNC(=O)NOCC(=O)O. The number of aliphatic carboxylic acids is 1. The van der Waals surface area contributed by atoms with E-state index in [4.69, 9.17) is 5.11 Å². The van der Waals surface area contributed by atoms with E-state index in [0.29, 0.717) is 6.54 Å². The van der Waals surface area contributed by atoms with Crippen molar-refractivity contribution in [2.45, 2.75) is 19.9 Å². The van der Waals surface area contributed by atoms with Gasteiger partial charge in [0.1, 0.15) is 0 Å². The van der Waals surface area contributed by atoms with Crippen LogP contribution in [-0.2, 0) is 22.6 Å². The average molecular weight is 252 g/mol. The molecule has 0 aliphatic heterocycles. The summed E-state index contributed by atoms with van der Waals surface area (Å²) in [5.74, 6) is -1.15. The second-order valence-electron chi connectivity index (χ2n) is 3.59. The molecule has 1 rings (SSSR count). The topological polar surface area (TPSA) is 87.7 Å². The fourth-order valence-electron chi connectivity index (χ4n) is 1.45. The van der Waals surface area contributed by atoms with Crippen molar-refractivity contribution in [2.75, 3.05) is 6.61 Å². The van der Waals surface area contributed by atoms with Crippen molar-refractivity contribution in [2.24, 2.45) is 0 Å². The summed E-state index contributed by atoms with van der Waals surface area (Å²) < 4.78 is 0. The minimum absolute atomic E-state index is 0.367. The number of aryl methyl sites for hydroxylation is 1. The lowest BCUT2D eigenvalue weighted by Crippen LogP contribution is -2.36. The fourth-order valence-corrected chi connectivity index (χ4v) is 1.45. The van der Waals surface area contributed by atoms with E-state index >= 15 is 0 Å². The van der Waals surface area contributed by atoms with Crippen LogP contribution in [0.1, 0.15) is 18.1 Å². The lowest BCUT2D eigenvalue weighted by atomic mass is 10.1. The molecule has 3 N–H and O–H groups in total. The van der Waals surface area contributed by atoms with Crippen LogP contribution in [-0.4, -0.2) is 23.7 Å². The normalized spacial score (nSPS) is 9.83. The van der Waals surface area contributed by atoms with Crippen LogP contribution in [0.3, 0.4) is 0 Å². The Labute approximate surface area is 105 Å². The van der Waals surface area contributed by atoms with Crippen LogP contribution in [0.2, 0.25) is 0 Å². The Morgan fingerprint density at radius 3 is 2.56 bits per heavy atom. The van der Waals surface area contributed by atoms with Gasteiger partial charge in [-0.15, -0.1) is 0 Å². The molecule has 0 fully saturated rings. The molecule has 0 spiro atoms. The number of hydrogen-bond donors (Lipinski definition) is 3. The third-order valence-electron chi connectivity index (χ3n) is 2.30. The molecule has 6 heteroatoms. The lowest BCUT2D eigenvalue weighted by Gasteiger charge is -2.09. The number of benzene rings is 1. The highest BCUT2D eigenvalue weighted by atomic mass is 16.7. The molecule has 98 valence electrons. The Hall–Kier alpha value is -2.08. The summed E-state index contributed by atoms with van der Waals surface area (Å²) in [5, 5.41) is 10.9. The van der Waals surface area contributed by atoms with E-state index in [-0.39, 0.29) is 0 Å². The zero-order valence-electron chi connectivity index (χ0n) is 10.1. The van der Waals surface area contributed by atoms with Gasteiger partial charge in [-0.3, -0.25) is 4.84 Å². The van der Waals surface area contributed by atoms with E-state index < -0.39 is 18.6 Å². The van der Waals surface area contributed by atoms with Gasteiger partial charge >= 0.3 is 12.0 Å². The van der Waals surface area contributed by atoms with Crippen molar-refractivity contribution in [3.05, 3.63) is 35.4 Å². The molecule has 6 nitrogen and oxygen atoms in total. The highest BCUT2D eigenvalue weighted by Gasteiger charge is 2.04. The first-order valence-corrected chi connectivity index (χ1v) is 5.57. The van der Waals surface area contributed by atoms with Gasteiger partial charge in [-0.05, 0) is 17.5 Å². The van der Waals surface area contributed by atoms with Gasteiger partial charge in [-0.25, -0.2) is 15.1 Å². The van der Waals surface area contributed by atoms with Gasteiger partial charge in [-0.2, -0.15) is 0 Å². The first-order valence-electron chi connectivity index (χ1n) is 5.57. The van der Waals surface area contributed by atoms with Gasteiger partial charge in [0.25, 0.3) is 0 Å². The Kier molecular flexibility index (Phi) is 5.66. The molecule has 18 heavy (non-hydrogen) atoms. The summed E-state index contributed by atoms with van der Waals surface area (Å²) in [5.41, 5.74) is 4.17. The molecule has 0 aromatic heterocycles. The quantitative estimate of drug-likeness (QED) is 0.661. The van der Waals surface area contributed by atoms with Crippen LogP contribution in [0.5, 0.6) is 0 Å². The molecule has 1 aromatic rings. The van der Waals surface area contributed by atoms with E-state index in [1.54, 1.807) is 0 Å². The average Bonchev–Trinajstić information content (AvgIpc) is 2.36. The Bertz CT molecular complexity index is 420. The first-order chi connectivity index (χ1) is 8.63. The van der Waals surface area contributed by atoms with Crippen molar-refractivity contribution < 1.29 is 19.5 Å². The van der Waals surface area contributed by atoms with Crippen LogP contribution < -0.4 is 10.8 Å². The van der Waals surface area contributed by atoms with E-state index in [2.05, 4.69) is 10.2 Å². The number of carboxylic acids is 1. The van der Waals surface area contributed by atoms with Crippen molar-refractivity contribution in [3.8, 4) is 0 Å². The molecule has 0 aliphatic rings. The number of amides is 2. The number of carbonyl (C=O) groups excluding carboxylic acids is 1. The van der Waals surface area contributed by atoms with Crippen LogP contribution in [0.4, 0.5) is 4.79 Å². The maximum atomic E-state index is 11.3. The zero-order chi connectivity index (χ0) is 13.4. The van der Waals surface area contributed by atoms with E-state index in [1.165, 1.54) is 0 Å². The lowest BCUT2D eigenvalue weighted by molar-refractivity contribution is -0.144. The molecule has 0 aliphatic carbocycles. The summed E-state index contributed by atoms with van der Waals surface area (Å²) in [6.45, 7) is 1.83. The molecule has 1 aromatic carbocycles. The van der Waals surface area contributed by atoms with Crippen LogP contribution in [0.15, 0.2) is 24.3 Å². The number of nitrogens with one attached hydrogen (secondary N) is 2. The van der Waals surface area contributed by atoms with Gasteiger partial charge in [0.15, 0.2) is 6.61 Å². The van der Waals surface area contributed by atoms with Crippen molar-refractivity contribution in [3.63, 3.8) is 0 Å².